The molecule has 2 aliphatic heterocycles. The molecule has 2 heterocycles. The Kier molecular flexibility index (Phi) is 6.74. The average molecular weight is 497 g/mol. The molecule has 0 spiro atoms. The number of amides is 2. The van der Waals surface area contributed by atoms with Crippen LogP contribution in [0.2, 0.25) is 0 Å². The van der Waals surface area contributed by atoms with E-state index in [1.165, 1.54) is 17.3 Å². The summed E-state index contributed by atoms with van der Waals surface area (Å²) in [5.41, 5.74) is 7.13. The van der Waals surface area contributed by atoms with Crippen molar-refractivity contribution in [1.29, 1.82) is 0 Å². The molecule has 0 saturated heterocycles. The van der Waals surface area contributed by atoms with Gasteiger partial charge in [-0.3, -0.25) is 9.59 Å². The van der Waals surface area contributed by atoms with Crippen LogP contribution in [0.3, 0.4) is 0 Å². The molecule has 2 aliphatic rings. The lowest BCUT2D eigenvalue weighted by Crippen LogP contribution is -2.25. The number of hydrogen-bond donors (Lipinski definition) is 1. The normalized spacial score (nSPS) is 19.3. The summed E-state index contributed by atoms with van der Waals surface area (Å²) in [6, 6.07) is 24.3. The van der Waals surface area contributed by atoms with E-state index in [1.54, 1.807) is 0 Å². The Morgan fingerprint density at radius 1 is 1.00 bits per heavy atom. The van der Waals surface area contributed by atoms with E-state index in [0.717, 1.165) is 33.7 Å². The van der Waals surface area contributed by atoms with E-state index in [1.807, 2.05) is 55.3 Å². The zero-order chi connectivity index (χ0) is 25.2. The van der Waals surface area contributed by atoms with Crippen molar-refractivity contribution in [1.82, 2.24) is 5.01 Å². The highest BCUT2D eigenvalue weighted by atomic mass is 32.2. The Labute approximate surface area is 215 Å². The number of thioether (sulfide) groups is 1. The highest BCUT2D eigenvalue weighted by molar-refractivity contribution is 8.15. The molecule has 2 amide bonds. The molecule has 3 aromatic carbocycles. The van der Waals surface area contributed by atoms with E-state index >= 15 is 0 Å². The van der Waals surface area contributed by atoms with Crippen molar-refractivity contribution < 1.29 is 9.59 Å². The molecule has 6 nitrogen and oxygen atoms in total. The van der Waals surface area contributed by atoms with Crippen LogP contribution < -0.4 is 5.32 Å². The van der Waals surface area contributed by atoms with Crippen molar-refractivity contribution in [2.24, 2.45) is 10.1 Å². The Bertz CT molecular complexity index is 1370. The molecule has 0 aliphatic carbocycles. The number of amidine groups is 1. The number of aliphatic imine (C=N–C) groups is 1. The minimum absolute atomic E-state index is 0.0578. The average Bonchev–Trinajstić information content (AvgIpc) is 3.46. The van der Waals surface area contributed by atoms with Crippen LogP contribution in [0.4, 0.5) is 5.69 Å². The first-order chi connectivity index (χ1) is 17.4. The molecule has 0 aromatic heterocycles. The summed E-state index contributed by atoms with van der Waals surface area (Å²) >= 11 is 1.32. The number of rotatable bonds is 5. The lowest BCUT2D eigenvalue weighted by molar-refractivity contribution is -0.121. The predicted octanol–water partition coefficient (Wildman–Crippen LogP) is 5.79. The van der Waals surface area contributed by atoms with Crippen LogP contribution in [0.25, 0.3) is 0 Å². The first kappa shape index (κ1) is 24.0. The molecule has 36 heavy (non-hydrogen) atoms. The Hall–Kier alpha value is -3.71. The van der Waals surface area contributed by atoms with Crippen LogP contribution in [0, 0.1) is 20.8 Å². The van der Waals surface area contributed by atoms with Gasteiger partial charge in [0, 0.05) is 18.5 Å². The molecular weight excluding hydrogens is 468 g/mol. The smallest absolute Gasteiger partial charge is 0.262 e. The van der Waals surface area contributed by atoms with Gasteiger partial charge in [-0.1, -0.05) is 84.1 Å². The molecule has 7 heteroatoms. The molecule has 0 unspecified atom stereocenters. The van der Waals surface area contributed by atoms with Crippen LogP contribution in [0.15, 0.2) is 82.9 Å². The molecule has 0 radical (unpaired) electrons. The molecular formula is C29H28N4O2S. The number of hydrazone groups is 1. The third kappa shape index (κ3) is 5.11. The number of nitrogens with one attached hydrogen (secondary N) is 1. The molecule has 5 rings (SSSR count). The summed E-state index contributed by atoms with van der Waals surface area (Å²) in [6.07, 6.45) is 0.765. The van der Waals surface area contributed by atoms with Gasteiger partial charge in [-0.2, -0.15) is 10.1 Å². The molecule has 0 bridgehead atoms. The van der Waals surface area contributed by atoms with Gasteiger partial charge in [0.15, 0.2) is 5.17 Å². The quantitative estimate of drug-likeness (QED) is 0.485. The van der Waals surface area contributed by atoms with Crippen molar-refractivity contribution in [3.05, 3.63) is 101 Å². The second-order valence-electron chi connectivity index (χ2n) is 9.30. The first-order valence-corrected chi connectivity index (χ1v) is 12.9. The van der Waals surface area contributed by atoms with Gasteiger partial charge >= 0.3 is 0 Å². The SMILES string of the molecule is Cc1ccc(C2=NN(C3=NC(=O)[C@@H](CC(=O)Nc4cc(C)ccc4C)S3)[C@@H](c3ccccc3)C2)cc1. The summed E-state index contributed by atoms with van der Waals surface area (Å²) < 4.78 is 0. The number of anilines is 1. The lowest BCUT2D eigenvalue weighted by atomic mass is 9.98. The first-order valence-electron chi connectivity index (χ1n) is 12.0. The highest BCUT2D eigenvalue weighted by Crippen LogP contribution is 2.38. The van der Waals surface area contributed by atoms with Gasteiger partial charge in [-0.15, -0.1) is 0 Å². The second-order valence-corrected chi connectivity index (χ2v) is 10.5. The number of hydrogen-bond acceptors (Lipinski definition) is 5. The highest BCUT2D eigenvalue weighted by Gasteiger charge is 2.39. The maximum atomic E-state index is 12.8. The van der Waals surface area contributed by atoms with Gasteiger partial charge in [-0.25, -0.2) is 5.01 Å². The zero-order valence-electron chi connectivity index (χ0n) is 20.6. The summed E-state index contributed by atoms with van der Waals surface area (Å²) in [5, 5.41) is 9.69. The van der Waals surface area contributed by atoms with E-state index in [0.29, 0.717) is 11.6 Å². The van der Waals surface area contributed by atoms with E-state index in [4.69, 9.17) is 5.10 Å². The molecule has 0 saturated carbocycles. The van der Waals surface area contributed by atoms with Crippen LogP contribution in [0.5, 0.6) is 0 Å². The number of carbonyl (C=O) groups is 2. The van der Waals surface area contributed by atoms with E-state index in [2.05, 4.69) is 53.6 Å². The fourth-order valence-electron chi connectivity index (χ4n) is 4.39. The van der Waals surface area contributed by atoms with Gasteiger partial charge in [-0.05, 0) is 49.1 Å². The Morgan fingerprint density at radius 2 is 1.72 bits per heavy atom. The molecule has 2 atom stereocenters. The van der Waals surface area contributed by atoms with Crippen molar-refractivity contribution in [3.8, 4) is 0 Å². The summed E-state index contributed by atoms with van der Waals surface area (Å²) in [5.74, 6) is -0.493. The van der Waals surface area contributed by atoms with Crippen LogP contribution in [-0.2, 0) is 9.59 Å². The standard InChI is InChI=1S/C29H28N4O2S/c1-18-10-13-21(14-11-18)24-16-25(22-7-5-4-6-8-22)33(32-24)29-31-28(35)26(36-29)17-27(34)30-23-15-19(2)9-12-20(23)3/h4-15,25-26H,16-17H2,1-3H3,(H,30,34)/t25-,26-/m1/s1. The lowest BCUT2D eigenvalue weighted by Gasteiger charge is -2.23. The third-order valence-corrected chi connectivity index (χ3v) is 7.58. The van der Waals surface area contributed by atoms with Crippen molar-refractivity contribution in [2.45, 2.75) is 44.9 Å². The third-order valence-electron chi connectivity index (χ3n) is 6.44. The van der Waals surface area contributed by atoms with E-state index in [9.17, 15) is 9.59 Å². The maximum Gasteiger partial charge on any atom is 0.262 e. The van der Waals surface area contributed by atoms with Gasteiger partial charge in [0.2, 0.25) is 5.91 Å². The van der Waals surface area contributed by atoms with Crippen LogP contribution in [-0.4, -0.2) is 33.0 Å². The van der Waals surface area contributed by atoms with Crippen LogP contribution in [0.1, 0.15) is 46.7 Å². The maximum absolute atomic E-state index is 12.8. The fraction of sp³-hybridized carbons (Fsp3) is 0.241. The van der Waals surface area contributed by atoms with Gasteiger partial charge < -0.3 is 5.32 Å². The zero-order valence-corrected chi connectivity index (χ0v) is 21.4. The summed E-state index contributed by atoms with van der Waals surface area (Å²) in [6.45, 7) is 5.99. The van der Waals surface area contributed by atoms with Crippen molar-refractivity contribution >= 4 is 40.1 Å². The minimum atomic E-state index is -0.569. The monoisotopic (exact) mass is 496 g/mol. The summed E-state index contributed by atoms with van der Waals surface area (Å²) in [4.78, 5) is 29.9. The predicted molar refractivity (Wildman–Crippen MR) is 146 cm³/mol. The fourth-order valence-corrected chi connectivity index (χ4v) is 5.45. The number of carbonyl (C=O) groups excluding carboxylic acids is 2. The number of aryl methyl sites for hydroxylation is 3. The molecule has 3 aromatic rings. The van der Waals surface area contributed by atoms with Gasteiger partial charge in [0.05, 0.1) is 11.8 Å². The van der Waals surface area contributed by atoms with Crippen molar-refractivity contribution in [3.63, 3.8) is 0 Å². The van der Waals surface area contributed by atoms with E-state index < -0.39 is 5.25 Å². The van der Waals surface area contributed by atoms with Crippen molar-refractivity contribution in [2.75, 3.05) is 5.32 Å². The topological polar surface area (TPSA) is 74.1 Å². The molecule has 0 fully saturated rings. The summed E-state index contributed by atoms with van der Waals surface area (Å²) in [7, 11) is 0. The largest absolute Gasteiger partial charge is 0.326 e. The second kappa shape index (κ2) is 10.1. The van der Waals surface area contributed by atoms with E-state index in [-0.39, 0.29) is 24.3 Å². The number of nitrogens with zero attached hydrogens (tertiary/aromatic N) is 3. The van der Waals surface area contributed by atoms with Gasteiger partial charge in [0.1, 0.15) is 5.25 Å². The molecule has 182 valence electrons. The molecule has 1 N–H and O–H groups in total. The Balaban J connectivity index is 1.34. The Morgan fingerprint density at radius 3 is 2.47 bits per heavy atom. The van der Waals surface area contributed by atoms with Crippen LogP contribution >= 0.6 is 11.8 Å². The number of benzene rings is 3. The minimum Gasteiger partial charge on any atom is -0.326 e. The van der Waals surface area contributed by atoms with Gasteiger partial charge in [0.25, 0.3) is 5.91 Å².